The van der Waals surface area contributed by atoms with Crippen molar-refractivity contribution in [2.45, 2.75) is 6.92 Å². The topological polar surface area (TPSA) is 115 Å². The second-order valence-corrected chi connectivity index (χ2v) is 6.12. The first-order valence-corrected chi connectivity index (χ1v) is 8.86. The number of carbonyl (C=O) groups excluding carboxylic acids is 2. The number of anilines is 1. The van der Waals surface area contributed by atoms with Crippen LogP contribution in [0.3, 0.4) is 0 Å². The highest BCUT2D eigenvalue weighted by atomic mass is 16.5. The number of ether oxygens (including phenoxy) is 1. The van der Waals surface area contributed by atoms with Crippen LogP contribution in [0.1, 0.15) is 17.3 Å². The molecule has 0 radical (unpaired) electrons. The molecule has 2 heterocycles. The van der Waals surface area contributed by atoms with Crippen LogP contribution in [0.25, 0.3) is 16.9 Å². The molecule has 9 nitrogen and oxygen atoms in total. The van der Waals surface area contributed by atoms with E-state index < -0.39 is 5.91 Å². The molecule has 0 spiro atoms. The predicted molar refractivity (Wildman–Crippen MR) is 105 cm³/mol. The maximum Gasteiger partial charge on any atom is 0.409 e. The molecule has 0 aliphatic rings. The number of nitrogens with one attached hydrogen (secondary N) is 1. The van der Waals surface area contributed by atoms with E-state index in [0.717, 1.165) is 11.3 Å². The van der Waals surface area contributed by atoms with E-state index in [4.69, 9.17) is 10.5 Å². The number of fused-ring (bicyclic) bond motifs is 1. The largest absolute Gasteiger partial charge is 0.450 e. The normalized spacial score (nSPS) is 10.6. The highest BCUT2D eigenvalue weighted by Gasteiger charge is 2.11. The number of rotatable bonds is 7. The number of aromatic nitrogens is 3. The van der Waals surface area contributed by atoms with Crippen LogP contribution in [-0.2, 0) is 4.74 Å². The molecule has 146 valence electrons. The number of carbonyl (C=O) groups is 2. The summed E-state index contributed by atoms with van der Waals surface area (Å²) in [6, 6.07) is 10.6. The van der Waals surface area contributed by atoms with E-state index in [0.29, 0.717) is 36.7 Å². The van der Waals surface area contributed by atoms with Gasteiger partial charge in [0.15, 0.2) is 5.65 Å². The van der Waals surface area contributed by atoms with Crippen LogP contribution < -0.4 is 11.1 Å². The fourth-order valence-corrected chi connectivity index (χ4v) is 2.65. The molecule has 3 aromatic rings. The third kappa shape index (κ3) is 4.20. The molecule has 0 fully saturated rings. The number of likely N-dealkylation sites (N-methyl/N-ethyl adjacent to an activating group) is 1. The fraction of sp³-hybridized carbons (Fsp3) is 0.263. The number of benzene rings is 1. The molecule has 0 aliphatic heterocycles. The molecule has 3 N–H and O–H groups in total. The first kappa shape index (κ1) is 19.2. The van der Waals surface area contributed by atoms with Crippen LogP contribution in [0.15, 0.2) is 42.6 Å². The third-order valence-electron chi connectivity index (χ3n) is 4.16. The summed E-state index contributed by atoms with van der Waals surface area (Å²) >= 11 is 0. The highest BCUT2D eigenvalue weighted by molar-refractivity contribution is 5.93. The molecule has 2 amide bonds. The maximum absolute atomic E-state index is 11.6. The SMILES string of the molecule is CCOC(=O)N(C)CCNc1ccc2ncc(-c3ccc(C(N)=O)cc3)n2n1. The molecule has 0 bridgehead atoms. The van der Waals surface area contributed by atoms with E-state index in [2.05, 4.69) is 15.4 Å². The van der Waals surface area contributed by atoms with Crippen molar-refractivity contribution in [3.63, 3.8) is 0 Å². The van der Waals surface area contributed by atoms with E-state index in [-0.39, 0.29) is 6.09 Å². The Balaban J connectivity index is 1.73. The van der Waals surface area contributed by atoms with Gasteiger partial charge in [0.05, 0.1) is 18.5 Å². The quantitative estimate of drug-likeness (QED) is 0.646. The number of hydrogen-bond donors (Lipinski definition) is 2. The van der Waals surface area contributed by atoms with Gasteiger partial charge in [-0.3, -0.25) is 4.79 Å². The van der Waals surface area contributed by atoms with Crippen molar-refractivity contribution in [2.75, 3.05) is 32.1 Å². The maximum atomic E-state index is 11.6. The summed E-state index contributed by atoms with van der Waals surface area (Å²) in [7, 11) is 1.68. The van der Waals surface area contributed by atoms with Gasteiger partial charge in [0, 0.05) is 31.3 Å². The molecule has 0 unspecified atom stereocenters. The van der Waals surface area contributed by atoms with Crippen LogP contribution in [0.2, 0.25) is 0 Å². The van der Waals surface area contributed by atoms with Gasteiger partial charge in [-0.25, -0.2) is 14.3 Å². The summed E-state index contributed by atoms with van der Waals surface area (Å²) in [4.78, 5) is 28.7. The van der Waals surface area contributed by atoms with Crippen molar-refractivity contribution in [2.24, 2.45) is 5.73 Å². The van der Waals surface area contributed by atoms with E-state index in [1.807, 2.05) is 12.1 Å². The Morgan fingerprint density at radius 1 is 1.21 bits per heavy atom. The van der Waals surface area contributed by atoms with Gasteiger partial charge in [0.25, 0.3) is 0 Å². The third-order valence-corrected chi connectivity index (χ3v) is 4.16. The molecular formula is C19H22N6O3. The number of amides is 2. The Morgan fingerprint density at radius 3 is 2.64 bits per heavy atom. The van der Waals surface area contributed by atoms with Crippen molar-refractivity contribution >= 4 is 23.5 Å². The monoisotopic (exact) mass is 382 g/mol. The zero-order chi connectivity index (χ0) is 20.1. The summed E-state index contributed by atoms with van der Waals surface area (Å²) in [5.74, 6) is 0.180. The number of nitrogens with two attached hydrogens (primary N) is 1. The van der Waals surface area contributed by atoms with Crippen LogP contribution in [0.4, 0.5) is 10.6 Å². The van der Waals surface area contributed by atoms with Crippen LogP contribution in [0.5, 0.6) is 0 Å². The van der Waals surface area contributed by atoms with Gasteiger partial charge in [0.1, 0.15) is 5.82 Å². The number of hydrogen-bond acceptors (Lipinski definition) is 6. The van der Waals surface area contributed by atoms with E-state index in [9.17, 15) is 9.59 Å². The molecular weight excluding hydrogens is 360 g/mol. The number of imidazole rings is 1. The average molecular weight is 382 g/mol. The van der Waals surface area contributed by atoms with Gasteiger partial charge in [0.2, 0.25) is 5.91 Å². The molecule has 0 saturated carbocycles. The smallest absolute Gasteiger partial charge is 0.409 e. The number of nitrogens with zero attached hydrogens (tertiary/aromatic N) is 4. The van der Waals surface area contributed by atoms with Crippen molar-refractivity contribution in [3.05, 3.63) is 48.2 Å². The lowest BCUT2D eigenvalue weighted by molar-refractivity contribution is 0.1000. The summed E-state index contributed by atoms with van der Waals surface area (Å²) in [6.07, 6.45) is 1.36. The Bertz CT molecular complexity index is 983. The summed E-state index contributed by atoms with van der Waals surface area (Å²) in [6.45, 7) is 3.11. The predicted octanol–water partition coefficient (Wildman–Crippen LogP) is 2.00. The Morgan fingerprint density at radius 2 is 1.96 bits per heavy atom. The molecule has 3 rings (SSSR count). The van der Waals surface area contributed by atoms with Gasteiger partial charge in [-0.15, -0.1) is 5.10 Å². The molecule has 9 heteroatoms. The lowest BCUT2D eigenvalue weighted by atomic mass is 10.1. The standard InChI is InChI=1S/C19H22N6O3/c1-3-28-19(27)24(2)11-10-21-16-8-9-17-22-12-15(25(17)23-16)13-4-6-14(7-5-13)18(20)26/h4-9,12H,3,10-11H2,1-2H3,(H2,20,26)(H,21,23). The van der Waals surface area contributed by atoms with Crippen molar-refractivity contribution in [1.29, 1.82) is 0 Å². The minimum atomic E-state index is -0.470. The molecule has 0 saturated heterocycles. The minimum Gasteiger partial charge on any atom is -0.450 e. The zero-order valence-electron chi connectivity index (χ0n) is 15.8. The zero-order valence-corrected chi connectivity index (χ0v) is 15.8. The first-order chi connectivity index (χ1) is 13.5. The van der Waals surface area contributed by atoms with E-state index in [1.54, 1.807) is 48.9 Å². The Kier molecular flexibility index (Phi) is 5.73. The summed E-state index contributed by atoms with van der Waals surface area (Å²) < 4.78 is 6.66. The average Bonchev–Trinajstić information content (AvgIpc) is 3.11. The lowest BCUT2D eigenvalue weighted by Crippen LogP contribution is -2.32. The van der Waals surface area contributed by atoms with E-state index in [1.165, 1.54) is 4.90 Å². The molecule has 0 aliphatic carbocycles. The van der Waals surface area contributed by atoms with Gasteiger partial charge < -0.3 is 20.7 Å². The van der Waals surface area contributed by atoms with Crippen LogP contribution in [-0.4, -0.2) is 58.2 Å². The number of primary amides is 1. The van der Waals surface area contributed by atoms with Crippen LogP contribution in [0, 0.1) is 0 Å². The molecule has 0 atom stereocenters. The van der Waals surface area contributed by atoms with Gasteiger partial charge in [-0.05, 0) is 31.2 Å². The van der Waals surface area contributed by atoms with Crippen LogP contribution >= 0.6 is 0 Å². The molecule has 1 aromatic carbocycles. The van der Waals surface area contributed by atoms with Gasteiger partial charge >= 0.3 is 6.09 Å². The van der Waals surface area contributed by atoms with Gasteiger partial charge in [-0.1, -0.05) is 12.1 Å². The molecule has 28 heavy (non-hydrogen) atoms. The Hall–Kier alpha value is -3.62. The van der Waals surface area contributed by atoms with Gasteiger partial charge in [-0.2, -0.15) is 0 Å². The summed E-state index contributed by atoms with van der Waals surface area (Å²) in [5.41, 5.74) is 8.08. The van der Waals surface area contributed by atoms with Crippen molar-refractivity contribution in [1.82, 2.24) is 19.5 Å². The van der Waals surface area contributed by atoms with Crippen molar-refractivity contribution < 1.29 is 14.3 Å². The first-order valence-electron chi connectivity index (χ1n) is 8.86. The lowest BCUT2D eigenvalue weighted by Gasteiger charge is -2.16. The fourth-order valence-electron chi connectivity index (χ4n) is 2.65. The van der Waals surface area contributed by atoms with E-state index >= 15 is 0 Å². The molecule has 2 aromatic heterocycles. The minimum absolute atomic E-state index is 0.346. The van der Waals surface area contributed by atoms with Crippen molar-refractivity contribution in [3.8, 4) is 11.3 Å². The highest BCUT2D eigenvalue weighted by Crippen LogP contribution is 2.21. The Labute approximate surface area is 162 Å². The second kappa shape index (κ2) is 8.38. The second-order valence-electron chi connectivity index (χ2n) is 6.12. The summed E-state index contributed by atoms with van der Waals surface area (Å²) in [5, 5.41) is 7.75.